The van der Waals surface area contributed by atoms with E-state index in [-0.39, 0.29) is 23.7 Å². The van der Waals surface area contributed by atoms with Gasteiger partial charge in [0.1, 0.15) is 23.7 Å². The first-order chi connectivity index (χ1) is 16.4. The highest BCUT2D eigenvalue weighted by Gasteiger charge is 2.53. The fourth-order valence-electron chi connectivity index (χ4n) is 3.52. The number of thioether (sulfide) groups is 1. The Morgan fingerprint density at radius 3 is 2.76 bits per heavy atom. The van der Waals surface area contributed by atoms with Crippen molar-refractivity contribution in [3.05, 3.63) is 62.7 Å². The van der Waals surface area contributed by atoms with Crippen molar-refractivity contribution in [3.8, 4) is 0 Å². The quantitative estimate of drug-likeness (QED) is 0.0935. The first-order valence-electron chi connectivity index (χ1n) is 10.1. The van der Waals surface area contributed by atoms with Crippen LogP contribution in [0.1, 0.15) is 12.0 Å². The number of hydrogen-bond donors (Lipinski definition) is 3. The Kier molecular flexibility index (Phi) is 7.19. The first-order valence-corrected chi connectivity index (χ1v) is 12.0. The van der Waals surface area contributed by atoms with E-state index in [0.29, 0.717) is 29.9 Å². The van der Waals surface area contributed by atoms with Crippen molar-refractivity contribution < 1.29 is 29.3 Å². The van der Waals surface area contributed by atoms with Crippen molar-refractivity contribution in [2.75, 3.05) is 12.3 Å². The van der Waals surface area contributed by atoms with Gasteiger partial charge in [0.15, 0.2) is 5.71 Å². The molecule has 2 atom stereocenters. The summed E-state index contributed by atoms with van der Waals surface area (Å²) in [7, 11) is 0. The molecule has 0 aromatic heterocycles. The number of oxime groups is 1. The molecule has 0 radical (unpaired) electrons. The first kappa shape index (κ1) is 23.8. The van der Waals surface area contributed by atoms with Gasteiger partial charge in [0.2, 0.25) is 0 Å². The number of nitrogens with zero attached hydrogens (tertiary/aromatic N) is 3. The number of benzene rings is 1. The molecule has 1 saturated heterocycles. The van der Waals surface area contributed by atoms with Gasteiger partial charge in [-0.05, 0) is 41.2 Å². The minimum atomic E-state index is -0.879. The van der Waals surface area contributed by atoms with E-state index in [0.717, 1.165) is 0 Å². The lowest BCUT2D eigenvalue weighted by molar-refractivity contribution is -0.384. The molecule has 0 bridgehead atoms. The summed E-state index contributed by atoms with van der Waals surface area (Å²) in [6.45, 7) is 0.486. The fourth-order valence-corrected chi connectivity index (χ4v) is 5.39. The smallest absolute Gasteiger partial charge is 0.355 e. The predicted octanol–water partition coefficient (Wildman–Crippen LogP) is 1.28. The molecule has 12 nitrogen and oxygen atoms in total. The second-order valence-electron chi connectivity index (χ2n) is 7.33. The Hall–Kier alpha value is -3.36. The van der Waals surface area contributed by atoms with Gasteiger partial charge in [0.25, 0.3) is 17.5 Å². The molecule has 3 heterocycles. The lowest BCUT2D eigenvalue weighted by atomic mass is 10.0. The van der Waals surface area contributed by atoms with Crippen LogP contribution in [0.15, 0.2) is 52.2 Å². The van der Waals surface area contributed by atoms with Gasteiger partial charge in [-0.3, -0.25) is 29.3 Å². The largest absolute Gasteiger partial charge is 0.456 e. The Morgan fingerprint density at radius 2 is 2.12 bits per heavy atom. The summed E-state index contributed by atoms with van der Waals surface area (Å²) < 4.78 is 8.30. The zero-order valence-electron chi connectivity index (χ0n) is 17.5. The van der Waals surface area contributed by atoms with E-state index >= 15 is 0 Å². The van der Waals surface area contributed by atoms with E-state index in [1.165, 1.54) is 52.9 Å². The SMILES string of the molecule is O=C(NC1C(=O)N2C(C(=O)OCc3ccc([N+](=O)[O-])cc3)=CCS[C@@H]12)C(=NO)C1=CSNCC1. The van der Waals surface area contributed by atoms with Crippen LogP contribution in [-0.4, -0.2) is 62.2 Å². The maximum absolute atomic E-state index is 12.8. The minimum Gasteiger partial charge on any atom is -0.456 e. The highest BCUT2D eigenvalue weighted by Crippen LogP contribution is 2.38. The average Bonchev–Trinajstić information content (AvgIpc) is 2.86. The third kappa shape index (κ3) is 4.78. The molecule has 2 amide bonds. The highest BCUT2D eigenvalue weighted by molar-refractivity contribution is 8.00. The van der Waals surface area contributed by atoms with Gasteiger partial charge in [-0.25, -0.2) is 4.79 Å². The maximum atomic E-state index is 12.8. The van der Waals surface area contributed by atoms with Crippen LogP contribution in [0.3, 0.4) is 0 Å². The normalized spacial score (nSPS) is 22.1. The molecule has 0 aliphatic carbocycles. The lowest BCUT2D eigenvalue weighted by Crippen LogP contribution is -2.70. The number of β-lactam (4-membered cyclic amide) rings is 1. The fraction of sp³-hybridized carbons (Fsp3) is 0.300. The Labute approximate surface area is 201 Å². The van der Waals surface area contributed by atoms with Crippen LogP contribution in [0.5, 0.6) is 0 Å². The maximum Gasteiger partial charge on any atom is 0.355 e. The molecule has 3 N–H and O–H groups in total. The molecule has 1 fully saturated rings. The van der Waals surface area contributed by atoms with Gasteiger partial charge >= 0.3 is 5.97 Å². The molecule has 3 aliphatic rings. The van der Waals surface area contributed by atoms with E-state index in [1.807, 2.05) is 0 Å². The van der Waals surface area contributed by atoms with Gasteiger partial charge in [0.05, 0.1) is 4.92 Å². The summed E-state index contributed by atoms with van der Waals surface area (Å²) in [6, 6.07) is 4.71. The van der Waals surface area contributed by atoms with Crippen LogP contribution < -0.4 is 10.0 Å². The third-order valence-electron chi connectivity index (χ3n) is 5.26. The lowest BCUT2D eigenvalue weighted by Gasteiger charge is -2.48. The number of amides is 2. The summed E-state index contributed by atoms with van der Waals surface area (Å²) in [6.07, 6.45) is 2.07. The molecule has 1 aromatic carbocycles. The molecule has 14 heteroatoms. The molecule has 34 heavy (non-hydrogen) atoms. The number of nitro groups is 1. The van der Waals surface area contributed by atoms with Crippen LogP contribution in [0.2, 0.25) is 0 Å². The van der Waals surface area contributed by atoms with Gasteiger partial charge in [0, 0.05) is 24.4 Å². The summed E-state index contributed by atoms with van der Waals surface area (Å²) in [5.74, 6) is -1.44. The van der Waals surface area contributed by atoms with E-state index in [2.05, 4.69) is 15.2 Å². The van der Waals surface area contributed by atoms with Crippen LogP contribution in [-0.2, 0) is 25.7 Å². The van der Waals surface area contributed by atoms with Crippen molar-refractivity contribution in [3.63, 3.8) is 0 Å². The topological polar surface area (TPSA) is 163 Å². The second kappa shape index (κ2) is 10.3. The number of carbonyl (C=O) groups is 3. The van der Waals surface area contributed by atoms with Crippen LogP contribution >= 0.6 is 23.7 Å². The van der Waals surface area contributed by atoms with Crippen molar-refractivity contribution in [1.82, 2.24) is 14.9 Å². The van der Waals surface area contributed by atoms with E-state index in [1.54, 1.807) is 11.5 Å². The van der Waals surface area contributed by atoms with Crippen LogP contribution in [0.4, 0.5) is 5.69 Å². The van der Waals surface area contributed by atoms with Gasteiger partial charge in [-0.15, -0.1) is 11.8 Å². The van der Waals surface area contributed by atoms with Crippen molar-refractivity contribution in [1.29, 1.82) is 0 Å². The number of carbonyl (C=O) groups excluding carboxylic acids is 3. The second-order valence-corrected chi connectivity index (χ2v) is 9.24. The molecular formula is C20H19N5O7S2. The molecule has 3 aliphatic heterocycles. The number of fused-ring (bicyclic) bond motifs is 1. The Balaban J connectivity index is 1.36. The van der Waals surface area contributed by atoms with Crippen molar-refractivity contribution >= 4 is 52.9 Å². The van der Waals surface area contributed by atoms with Crippen molar-refractivity contribution in [2.45, 2.75) is 24.4 Å². The number of rotatable bonds is 7. The summed E-state index contributed by atoms with van der Waals surface area (Å²) >= 11 is 2.65. The Bertz CT molecular complexity index is 1120. The van der Waals surface area contributed by atoms with Crippen molar-refractivity contribution in [2.24, 2.45) is 5.16 Å². The summed E-state index contributed by atoms with van der Waals surface area (Å²) in [4.78, 5) is 49.5. The molecule has 0 spiro atoms. The number of nitro benzene ring substituents is 1. The zero-order valence-corrected chi connectivity index (χ0v) is 19.1. The minimum absolute atomic E-state index is 0.0752. The number of esters is 1. The number of ether oxygens (including phenoxy) is 1. The van der Waals surface area contributed by atoms with Gasteiger partial charge in [-0.2, -0.15) is 0 Å². The number of non-ortho nitro benzene ring substituents is 1. The molecule has 4 rings (SSSR count). The predicted molar refractivity (Wildman–Crippen MR) is 124 cm³/mol. The Morgan fingerprint density at radius 1 is 1.35 bits per heavy atom. The third-order valence-corrected chi connectivity index (χ3v) is 7.22. The molecule has 0 saturated carbocycles. The summed E-state index contributed by atoms with van der Waals surface area (Å²) in [5.41, 5.74) is 0.962. The van der Waals surface area contributed by atoms with E-state index < -0.39 is 34.1 Å². The zero-order chi connectivity index (χ0) is 24.2. The van der Waals surface area contributed by atoms with Gasteiger partial charge < -0.3 is 15.3 Å². The summed E-state index contributed by atoms with van der Waals surface area (Å²) in [5, 5.41) is 26.9. The van der Waals surface area contributed by atoms with E-state index in [4.69, 9.17) is 4.74 Å². The van der Waals surface area contributed by atoms with Crippen LogP contribution in [0, 0.1) is 10.1 Å². The van der Waals surface area contributed by atoms with Gasteiger partial charge in [-0.1, -0.05) is 17.1 Å². The number of hydrogen-bond acceptors (Lipinski definition) is 11. The molecule has 178 valence electrons. The molecular weight excluding hydrogens is 486 g/mol. The van der Waals surface area contributed by atoms with Crippen LogP contribution in [0.25, 0.3) is 0 Å². The molecule has 1 unspecified atom stereocenters. The number of nitrogens with one attached hydrogen (secondary N) is 2. The highest BCUT2D eigenvalue weighted by atomic mass is 32.2. The van der Waals surface area contributed by atoms with E-state index in [9.17, 15) is 29.7 Å². The molecule has 1 aromatic rings. The standard InChI is InChI=1S/C20H19N5O7S2/c26-17(15(23-29)12-5-7-21-34-10-12)22-16-18(27)24-14(6-8-33-19(16)24)20(28)32-9-11-1-3-13(4-2-11)25(30)31/h1-4,6,10,16,19,21,29H,5,7-9H2,(H,22,26)/t16?,19-/m0/s1. The average molecular weight is 506 g/mol. The monoisotopic (exact) mass is 505 g/mol.